The van der Waals surface area contributed by atoms with E-state index in [1.807, 2.05) is 12.1 Å². The molecule has 0 fully saturated rings. The van der Waals surface area contributed by atoms with Crippen LogP contribution in [0.4, 0.5) is 0 Å². The Morgan fingerprint density at radius 3 is 2.07 bits per heavy atom. The van der Waals surface area contributed by atoms with Gasteiger partial charge in [-0.3, -0.25) is 4.90 Å². The maximum atomic E-state index is 11.5. The van der Waals surface area contributed by atoms with E-state index in [0.717, 1.165) is 17.7 Å². The molecular formula is C24H21Cl2NO2. The number of hydrogen-bond donors (Lipinski definition) is 1. The smallest absolute Gasteiger partial charge is 0.338 e. The minimum absolute atomic E-state index is 0.00517. The number of carboxylic acid groups (broad SMARTS) is 1. The number of fused-ring (bicyclic) bond motifs is 1. The number of benzene rings is 3. The van der Waals surface area contributed by atoms with Crippen molar-refractivity contribution in [3.8, 4) is 0 Å². The van der Waals surface area contributed by atoms with Gasteiger partial charge in [0.05, 0.1) is 21.1 Å². The van der Waals surface area contributed by atoms with E-state index < -0.39 is 5.97 Å². The molecule has 0 unspecified atom stereocenters. The monoisotopic (exact) mass is 425 g/mol. The van der Waals surface area contributed by atoms with Crippen molar-refractivity contribution in [2.75, 3.05) is 6.54 Å². The molecule has 0 atom stereocenters. The summed E-state index contributed by atoms with van der Waals surface area (Å²) < 4.78 is 0. The van der Waals surface area contributed by atoms with E-state index in [0.29, 0.717) is 13.0 Å². The second-order valence-electron chi connectivity index (χ2n) is 7.47. The molecule has 0 radical (unpaired) electrons. The number of nitrogens with zero attached hydrogens (tertiary/aromatic N) is 1. The maximum absolute atomic E-state index is 11.5. The molecule has 5 heteroatoms. The van der Waals surface area contributed by atoms with Crippen LogP contribution in [0.5, 0.6) is 0 Å². The second kappa shape index (κ2) is 7.83. The Hall–Kier alpha value is -2.33. The average molecular weight is 426 g/mol. The predicted octanol–water partition coefficient (Wildman–Crippen LogP) is 6.01. The molecular weight excluding hydrogens is 405 g/mol. The molecule has 4 rings (SSSR count). The van der Waals surface area contributed by atoms with Crippen LogP contribution in [0, 0.1) is 0 Å². The Morgan fingerprint density at radius 2 is 1.55 bits per heavy atom. The Kier molecular flexibility index (Phi) is 5.39. The van der Waals surface area contributed by atoms with Gasteiger partial charge in [0.1, 0.15) is 0 Å². The van der Waals surface area contributed by atoms with Crippen molar-refractivity contribution >= 4 is 29.2 Å². The molecule has 3 aromatic carbocycles. The van der Waals surface area contributed by atoms with Gasteiger partial charge in [0.2, 0.25) is 0 Å². The second-order valence-corrected chi connectivity index (χ2v) is 8.25. The Labute approximate surface area is 180 Å². The highest BCUT2D eigenvalue weighted by atomic mass is 35.5. The molecule has 0 aliphatic carbocycles. The summed E-state index contributed by atoms with van der Waals surface area (Å²) in [4.78, 5) is 14.0. The van der Waals surface area contributed by atoms with Crippen molar-refractivity contribution in [3.63, 3.8) is 0 Å². The minimum Gasteiger partial charge on any atom is -0.478 e. The lowest BCUT2D eigenvalue weighted by molar-refractivity contribution is 0.0696. The van der Waals surface area contributed by atoms with Crippen molar-refractivity contribution in [1.29, 1.82) is 0 Å². The third kappa shape index (κ3) is 3.44. The van der Waals surface area contributed by atoms with Crippen LogP contribution >= 0.6 is 23.2 Å². The van der Waals surface area contributed by atoms with Crippen LogP contribution in [0.2, 0.25) is 10.0 Å². The molecule has 0 saturated heterocycles. The predicted molar refractivity (Wildman–Crippen MR) is 117 cm³/mol. The molecule has 3 nitrogen and oxygen atoms in total. The highest BCUT2D eigenvalue weighted by Gasteiger charge is 2.38. The maximum Gasteiger partial charge on any atom is 0.338 e. The number of halogens is 2. The van der Waals surface area contributed by atoms with Crippen LogP contribution in [-0.2, 0) is 18.5 Å². The zero-order valence-corrected chi connectivity index (χ0v) is 17.5. The lowest BCUT2D eigenvalue weighted by Crippen LogP contribution is -2.47. The van der Waals surface area contributed by atoms with Gasteiger partial charge in [-0.05, 0) is 41.7 Å². The van der Waals surface area contributed by atoms with E-state index in [-0.39, 0.29) is 21.1 Å². The van der Waals surface area contributed by atoms with Crippen LogP contribution in [-0.4, -0.2) is 22.5 Å². The quantitative estimate of drug-likeness (QED) is 0.555. The van der Waals surface area contributed by atoms with Gasteiger partial charge in [-0.15, -0.1) is 0 Å². The molecule has 1 N–H and O–H groups in total. The summed E-state index contributed by atoms with van der Waals surface area (Å²) in [6.45, 7) is 3.63. The summed E-state index contributed by atoms with van der Waals surface area (Å²) in [6.07, 6.45) is 0.668. The Balaban J connectivity index is 1.81. The third-order valence-corrected chi connectivity index (χ3v) is 6.64. The molecule has 0 spiro atoms. The molecule has 0 saturated carbocycles. The van der Waals surface area contributed by atoms with Gasteiger partial charge in [-0.1, -0.05) is 83.9 Å². The summed E-state index contributed by atoms with van der Waals surface area (Å²) in [6, 6.07) is 22.6. The van der Waals surface area contributed by atoms with E-state index in [1.165, 1.54) is 11.1 Å². The van der Waals surface area contributed by atoms with Gasteiger partial charge in [0.25, 0.3) is 0 Å². The minimum atomic E-state index is -1.09. The number of carbonyl (C=O) groups is 1. The first-order chi connectivity index (χ1) is 13.9. The first-order valence-electron chi connectivity index (χ1n) is 9.52. The molecule has 1 aliphatic rings. The summed E-state index contributed by atoms with van der Waals surface area (Å²) in [7, 11) is 0. The third-order valence-electron chi connectivity index (χ3n) is 5.92. The van der Waals surface area contributed by atoms with Crippen LogP contribution in [0.3, 0.4) is 0 Å². The molecule has 0 amide bonds. The SMILES string of the molecule is CC(c1ccccc1)(c1ccccc1)N1CCc2c(cc(Cl)c(C(=O)O)c2Cl)C1. The van der Waals surface area contributed by atoms with Gasteiger partial charge in [0, 0.05) is 13.1 Å². The lowest BCUT2D eigenvalue weighted by Gasteiger charge is -2.45. The fourth-order valence-corrected chi connectivity index (χ4v) is 5.04. The molecule has 1 heterocycles. The van der Waals surface area contributed by atoms with E-state index in [2.05, 4.69) is 60.4 Å². The van der Waals surface area contributed by atoms with Crippen LogP contribution in [0.15, 0.2) is 66.7 Å². The summed E-state index contributed by atoms with van der Waals surface area (Å²) in [5.74, 6) is -1.09. The number of aromatic carboxylic acids is 1. The van der Waals surface area contributed by atoms with Crippen LogP contribution in [0.25, 0.3) is 0 Å². The van der Waals surface area contributed by atoms with Gasteiger partial charge < -0.3 is 5.11 Å². The standard InChI is InChI=1S/C24H21Cl2NO2/c1-24(17-8-4-2-5-9-17,18-10-6-3-7-11-18)27-13-12-19-16(15-27)14-20(25)21(22(19)26)23(28)29/h2-11,14H,12-13,15H2,1H3,(H,28,29). The topological polar surface area (TPSA) is 40.5 Å². The zero-order chi connectivity index (χ0) is 20.6. The van der Waals surface area contributed by atoms with Crippen molar-refractivity contribution in [2.24, 2.45) is 0 Å². The molecule has 29 heavy (non-hydrogen) atoms. The molecule has 148 valence electrons. The summed E-state index contributed by atoms with van der Waals surface area (Å²) in [5, 5.41) is 9.90. The first-order valence-corrected chi connectivity index (χ1v) is 10.3. The Bertz CT molecular complexity index is 1010. The van der Waals surface area contributed by atoms with Gasteiger partial charge in [-0.25, -0.2) is 4.79 Å². The fraction of sp³-hybridized carbons (Fsp3) is 0.208. The molecule has 3 aromatic rings. The van der Waals surface area contributed by atoms with E-state index in [1.54, 1.807) is 6.07 Å². The fourth-order valence-electron chi connectivity index (χ4n) is 4.29. The largest absolute Gasteiger partial charge is 0.478 e. The van der Waals surface area contributed by atoms with Gasteiger partial charge in [-0.2, -0.15) is 0 Å². The van der Waals surface area contributed by atoms with E-state index in [4.69, 9.17) is 23.2 Å². The normalized spacial score (nSPS) is 14.4. The van der Waals surface area contributed by atoms with Gasteiger partial charge in [0.15, 0.2) is 0 Å². The van der Waals surface area contributed by atoms with Crippen molar-refractivity contribution in [3.05, 3.63) is 105 Å². The van der Waals surface area contributed by atoms with Crippen molar-refractivity contribution in [2.45, 2.75) is 25.4 Å². The number of rotatable bonds is 4. The van der Waals surface area contributed by atoms with E-state index >= 15 is 0 Å². The molecule has 1 aliphatic heterocycles. The van der Waals surface area contributed by atoms with Gasteiger partial charge >= 0.3 is 5.97 Å². The zero-order valence-electron chi connectivity index (χ0n) is 16.0. The Morgan fingerprint density at radius 1 is 1.00 bits per heavy atom. The van der Waals surface area contributed by atoms with Crippen molar-refractivity contribution < 1.29 is 9.90 Å². The highest BCUT2D eigenvalue weighted by molar-refractivity contribution is 6.39. The molecule has 0 aromatic heterocycles. The van der Waals surface area contributed by atoms with Crippen LogP contribution < -0.4 is 0 Å². The number of hydrogen-bond acceptors (Lipinski definition) is 2. The van der Waals surface area contributed by atoms with Crippen LogP contribution in [0.1, 0.15) is 39.5 Å². The van der Waals surface area contributed by atoms with Crippen molar-refractivity contribution in [1.82, 2.24) is 4.90 Å². The first kappa shape index (κ1) is 20.0. The van der Waals surface area contributed by atoms with E-state index in [9.17, 15) is 9.90 Å². The number of carboxylic acids is 1. The lowest BCUT2D eigenvalue weighted by atomic mass is 9.81. The summed E-state index contributed by atoms with van der Waals surface area (Å²) >= 11 is 12.7. The summed E-state index contributed by atoms with van der Waals surface area (Å²) in [5.41, 5.74) is 3.92. The highest BCUT2D eigenvalue weighted by Crippen LogP contribution is 2.41. The molecule has 0 bridgehead atoms. The average Bonchev–Trinajstić information content (AvgIpc) is 2.73.